The van der Waals surface area contributed by atoms with Crippen molar-refractivity contribution in [3.63, 3.8) is 0 Å². The zero-order valence-electron chi connectivity index (χ0n) is 8.53. The van der Waals surface area contributed by atoms with Gasteiger partial charge in [0, 0.05) is 27.3 Å². The van der Waals surface area contributed by atoms with Crippen molar-refractivity contribution in [3.05, 3.63) is 23.9 Å². The van der Waals surface area contributed by atoms with Crippen LogP contribution in [-0.2, 0) is 0 Å². The minimum absolute atomic E-state index is 0.174. The summed E-state index contributed by atoms with van der Waals surface area (Å²) < 4.78 is 0. The highest BCUT2D eigenvalue weighted by atomic mass is 16.2. The van der Waals surface area contributed by atoms with Crippen molar-refractivity contribution in [2.45, 2.75) is 0 Å². The number of hydrazine groups is 1. The second-order valence-electron chi connectivity index (χ2n) is 2.98. The minimum atomic E-state index is -0.174. The number of carbonyl (C=O) groups excluding carboxylic acids is 1. The molecule has 0 fully saturated rings. The van der Waals surface area contributed by atoms with E-state index in [1.165, 1.54) is 0 Å². The summed E-state index contributed by atoms with van der Waals surface area (Å²) in [4.78, 5) is 15.6. The van der Waals surface area contributed by atoms with Crippen LogP contribution in [0.15, 0.2) is 18.3 Å². The van der Waals surface area contributed by atoms with Crippen LogP contribution in [0.5, 0.6) is 0 Å². The first-order valence-corrected chi connectivity index (χ1v) is 4.26. The van der Waals surface area contributed by atoms with Crippen LogP contribution in [0.3, 0.4) is 0 Å². The molecule has 1 aromatic rings. The highest BCUT2D eigenvalue weighted by Crippen LogP contribution is 2.09. The lowest BCUT2D eigenvalue weighted by Crippen LogP contribution is -2.36. The minimum Gasteiger partial charge on any atom is -0.372 e. The Morgan fingerprint density at radius 1 is 1.50 bits per heavy atom. The first-order valence-electron chi connectivity index (χ1n) is 4.26. The normalized spacial score (nSPS) is 10.0. The Morgan fingerprint density at radius 2 is 2.21 bits per heavy atom. The molecule has 76 valence electrons. The van der Waals surface area contributed by atoms with Crippen molar-refractivity contribution in [3.8, 4) is 0 Å². The number of nitrogens with zero attached hydrogens (tertiary/aromatic N) is 2. The lowest BCUT2D eigenvalue weighted by molar-refractivity contribution is 0.0857. The topological polar surface area (TPSA) is 57.3 Å². The number of amides is 1. The number of anilines is 1. The summed E-state index contributed by atoms with van der Waals surface area (Å²) in [5.74, 6) is 0.402. The molecule has 0 saturated carbocycles. The van der Waals surface area contributed by atoms with Crippen LogP contribution in [-0.4, -0.2) is 37.0 Å². The van der Waals surface area contributed by atoms with Crippen LogP contribution < -0.4 is 10.7 Å². The van der Waals surface area contributed by atoms with E-state index in [-0.39, 0.29) is 5.91 Å². The number of hydrogen-bond donors (Lipinski definition) is 2. The lowest BCUT2D eigenvalue weighted by Gasteiger charge is -2.13. The van der Waals surface area contributed by atoms with Crippen molar-refractivity contribution in [2.75, 3.05) is 26.5 Å². The van der Waals surface area contributed by atoms with E-state index in [2.05, 4.69) is 15.7 Å². The van der Waals surface area contributed by atoms with Gasteiger partial charge in [0.25, 0.3) is 5.91 Å². The van der Waals surface area contributed by atoms with Crippen molar-refractivity contribution < 1.29 is 4.79 Å². The van der Waals surface area contributed by atoms with Crippen molar-refractivity contribution >= 4 is 11.7 Å². The van der Waals surface area contributed by atoms with Crippen LogP contribution in [0.25, 0.3) is 0 Å². The van der Waals surface area contributed by atoms with Gasteiger partial charge in [0.1, 0.15) is 5.82 Å². The molecule has 5 heteroatoms. The van der Waals surface area contributed by atoms with Crippen LogP contribution in [0.2, 0.25) is 0 Å². The largest absolute Gasteiger partial charge is 0.372 e. The Morgan fingerprint density at radius 3 is 2.79 bits per heavy atom. The quantitative estimate of drug-likeness (QED) is 0.681. The third-order valence-electron chi connectivity index (χ3n) is 1.61. The van der Waals surface area contributed by atoms with E-state index in [4.69, 9.17) is 0 Å². The smallest absolute Gasteiger partial charge is 0.269 e. The van der Waals surface area contributed by atoms with Gasteiger partial charge in [-0.25, -0.2) is 9.99 Å². The molecule has 0 aliphatic heterocycles. The maximum absolute atomic E-state index is 11.6. The fourth-order valence-electron chi connectivity index (χ4n) is 1.05. The molecule has 5 nitrogen and oxygen atoms in total. The molecule has 0 aliphatic rings. The highest BCUT2D eigenvalue weighted by Gasteiger charge is 2.10. The number of nitrogens with one attached hydrogen (secondary N) is 2. The average Bonchev–Trinajstić information content (AvgIpc) is 2.16. The predicted octanol–water partition coefficient (Wildman–Crippen LogP) is 0.330. The summed E-state index contributed by atoms with van der Waals surface area (Å²) in [5, 5.41) is 4.45. The number of pyridine rings is 1. The second kappa shape index (κ2) is 4.57. The summed E-state index contributed by atoms with van der Waals surface area (Å²) in [6, 6.07) is 3.45. The molecular weight excluding hydrogens is 180 g/mol. The van der Waals surface area contributed by atoms with Gasteiger partial charge in [-0.1, -0.05) is 0 Å². The molecule has 0 atom stereocenters. The molecule has 1 rings (SSSR count). The van der Waals surface area contributed by atoms with Gasteiger partial charge in [-0.2, -0.15) is 0 Å². The summed E-state index contributed by atoms with van der Waals surface area (Å²) in [7, 11) is 5.25. The summed E-state index contributed by atoms with van der Waals surface area (Å²) in [6.45, 7) is 0. The highest BCUT2D eigenvalue weighted by molar-refractivity contribution is 5.98. The van der Waals surface area contributed by atoms with Gasteiger partial charge < -0.3 is 5.32 Å². The molecule has 1 heterocycles. The molecule has 0 aliphatic carbocycles. The van der Waals surface area contributed by atoms with E-state index in [1.807, 2.05) is 0 Å². The molecule has 0 saturated heterocycles. The molecule has 0 radical (unpaired) electrons. The number of carbonyl (C=O) groups is 1. The Hall–Kier alpha value is -1.62. The van der Waals surface area contributed by atoms with E-state index in [0.717, 1.165) is 0 Å². The zero-order valence-corrected chi connectivity index (χ0v) is 8.53. The maximum Gasteiger partial charge on any atom is 0.269 e. The summed E-state index contributed by atoms with van der Waals surface area (Å²) in [6.07, 6.45) is 1.64. The number of aromatic nitrogens is 1. The van der Waals surface area contributed by atoms with E-state index >= 15 is 0 Å². The monoisotopic (exact) mass is 194 g/mol. The van der Waals surface area contributed by atoms with E-state index in [1.54, 1.807) is 44.5 Å². The number of rotatable bonds is 3. The molecule has 0 spiro atoms. The first-order chi connectivity index (χ1) is 6.65. The van der Waals surface area contributed by atoms with Gasteiger partial charge in [-0.05, 0) is 12.1 Å². The molecule has 1 aromatic heterocycles. The maximum atomic E-state index is 11.6. The fraction of sp³-hybridized carbons (Fsp3) is 0.333. The third kappa shape index (κ3) is 2.43. The van der Waals surface area contributed by atoms with E-state index in [0.29, 0.717) is 11.4 Å². The summed E-state index contributed by atoms with van der Waals surface area (Å²) >= 11 is 0. The SMILES string of the molecule is CNc1ncccc1C(=O)NN(C)C. The number of hydrogen-bond acceptors (Lipinski definition) is 4. The van der Waals surface area contributed by atoms with Crippen LogP contribution >= 0.6 is 0 Å². The Balaban J connectivity index is 2.88. The molecule has 0 unspecified atom stereocenters. The van der Waals surface area contributed by atoms with Crippen molar-refractivity contribution in [2.24, 2.45) is 0 Å². The molecule has 1 amide bonds. The van der Waals surface area contributed by atoms with E-state index in [9.17, 15) is 4.79 Å². The third-order valence-corrected chi connectivity index (χ3v) is 1.61. The lowest BCUT2D eigenvalue weighted by atomic mass is 10.2. The van der Waals surface area contributed by atoms with Gasteiger partial charge in [0.2, 0.25) is 0 Å². The van der Waals surface area contributed by atoms with Gasteiger partial charge in [-0.3, -0.25) is 10.2 Å². The van der Waals surface area contributed by atoms with Gasteiger partial charge >= 0.3 is 0 Å². The van der Waals surface area contributed by atoms with Gasteiger partial charge in [0.05, 0.1) is 5.56 Å². The molecular formula is C9H14N4O. The van der Waals surface area contributed by atoms with Gasteiger partial charge in [0.15, 0.2) is 0 Å². The Kier molecular flexibility index (Phi) is 3.41. The predicted molar refractivity (Wildman–Crippen MR) is 54.9 cm³/mol. The molecule has 2 N–H and O–H groups in total. The fourth-order valence-corrected chi connectivity index (χ4v) is 1.05. The Bertz CT molecular complexity index is 324. The Labute approximate surface area is 83.1 Å². The molecule has 0 aromatic carbocycles. The van der Waals surface area contributed by atoms with Crippen LogP contribution in [0.4, 0.5) is 5.82 Å². The van der Waals surface area contributed by atoms with Crippen molar-refractivity contribution in [1.82, 2.24) is 15.4 Å². The molecule has 0 bridgehead atoms. The summed E-state index contributed by atoms with van der Waals surface area (Å²) in [5.41, 5.74) is 3.18. The average molecular weight is 194 g/mol. The van der Waals surface area contributed by atoms with Crippen LogP contribution in [0, 0.1) is 0 Å². The molecule has 14 heavy (non-hydrogen) atoms. The first kappa shape index (κ1) is 10.5. The standard InChI is InChI=1S/C9H14N4O/c1-10-8-7(5-4-6-11-8)9(14)12-13(2)3/h4-6H,1-3H3,(H,10,11)(H,12,14). The van der Waals surface area contributed by atoms with E-state index < -0.39 is 0 Å². The van der Waals surface area contributed by atoms with Crippen molar-refractivity contribution in [1.29, 1.82) is 0 Å². The van der Waals surface area contributed by atoms with Gasteiger partial charge in [-0.15, -0.1) is 0 Å². The second-order valence-corrected chi connectivity index (χ2v) is 2.98. The van der Waals surface area contributed by atoms with Crippen LogP contribution in [0.1, 0.15) is 10.4 Å². The zero-order chi connectivity index (χ0) is 10.6.